The maximum atomic E-state index is 13.8. The first-order chi connectivity index (χ1) is 19.0. The smallest absolute Gasteiger partial charge is 0.252 e. The van der Waals surface area contributed by atoms with Crippen molar-refractivity contribution in [1.29, 1.82) is 0 Å². The number of anilines is 2. The predicted octanol–water partition coefficient (Wildman–Crippen LogP) is 0.532. The van der Waals surface area contributed by atoms with Crippen LogP contribution < -0.4 is 20.4 Å². The summed E-state index contributed by atoms with van der Waals surface area (Å²) in [5.74, 6) is -2.85. The summed E-state index contributed by atoms with van der Waals surface area (Å²) in [5, 5.41) is 24.5. The Morgan fingerprint density at radius 2 is 1.73 bits per heavy atom. The fourth-order valence-electron chi connectivity index (χ4n) is 4.49. The highest BCUT2D eigenvalue weighted by molar-refractivity contribution is 6.11. The van der Waals surface area contributed by atoms with E-state index < -0.39 is 48.9 Å². The van der Waals surface area contributed by atoms with Gasteiger partial charge in [0.2, 0.25) is 11.8 Å². The maximum absolute atomic E-state index is 13.8. The van der Waals surface area contributed by atoms with Crippen molar-refractivity contribution < 1.29 is 39.0 Å². The van der Waals surface area contributed by atoms with Gasteiger partial charge in [0.15, 0.2) is 0 Å². The Bertz CT molecular complexity index is 1320. The van der Waals surface area contributed by atoms with E-state index in [9.17, 15) is 39.0 Å². The topological polar surface area (TPSA) is 173 Å². The number of rotatable bonds is 10. The predicted molar refractivity (Wildman–Crippen MR) is 145 cm³/mol. The third kappa shape index (κ3) is 6.89. The van der Waals surface area contributed by atoms with Gasteiger partial charge in [0.1, 0.15) is 30.4 Å². The third-order valence-corrected chi connectivity index (χ3v) is 6.40. The van der Waals surface area contributed by atoms with Crippen LogP contribution in [-0.2, 0) is 24.0 Å². The molecule has 1 aliphatic rings. The van der Waals surface area contributed by atoms with E-state index in [0.717, 1.165) is 4.90 Å². The molecule has 4 N–H and O–H groups in total. The van der Waals surface area contributed by atoms with Gasteiger partial charge in [-0.15, -0.1) is 0 Å². The van der Waals surface area contributed by atoms with Crippen LogP contribution in [-0.4, -0.2) is 77.7 Å². The van der Waals surface area contributed by atoms with Crippen molar-refractivity contribution in [3.05, 3.63) is 53.1 Å². The second-order valence-electron chi connectivity index (χ2n) is 9.59. The van der Waals surface area contributed by atoms with Crippen molar-refractivity contribution in [2.24, 2.45) is 0 Å². The van der Waals surface area contributed by atoms with Crippen molar-refractivity contribution in [2.75, 3.05) is 29.5 Å². The monoisotopic (exact) mass is 552 g/mol. The number of carbonyl (C=O) groups excluding carboxylic acids is 6. The number of amides is 4. The fourth-order valence-corrected chi connectivity index (χ4v) is 4.49. The number of phenols is 1. The quantitative estimate of drug-likeness (QED) is 0.309. The number of aliphatic hydroxyl groups is 1. The molecule has 0 aliphatic carbocycles. The molecular formula is C28H32N4O8. The lowest BCUT2D eigenvalue weighted by atomic mass is 10.0. The van der Waals surface area contributed by atoms with Crippen molar-refractivity contribution in [1.82, 2.24) is 10.6 Å². The summed E-state index contributed by atoms with van der Waals surface area (Å²) in [7, 11) is 0. The Hall–Kier alpha value is -4.58. The lowest BCUT2D eigenvalue weighted by Crippen LogP contribution is -2.54. The Labute approximate surface area is 230 Å². The van der Waals surface area contributed by atoms with E-state index >= 15 is 0 Å². The van der Waals surface area contributed by atoms with Crippen LogP contribution in [0.4, 0.5) is 11.4 Å². The number of aliphatic hydroxyl groups excluding tert-OH is 1. The molecule has 212 valence electrons. The van der Waals surface area contributed by atoms with E-state index in [-0.39, 0.29) is 47.9 Å². The standard InChI is InChI=1S/C28H32N4O8/c1-16-10-19(11-17(2)26(16)38)27(39)30-21-13-31(25(37)8-9-33)22-6-4-5-7-23(22)32(28(21)40)14-24(36)29-20(15-34)12-18(3)35/h4-7,10-11,15,20-21,33,38H,8-9,12-14H2,1-3H3,(H,29,36)(H,30,39)/t20-,21-/m0/s1. The number of aryl methyl sites for hydroxylation is 2. The average molecular weight is 553 g/mol. The average Bonchev–Trinajstić information content (AvgIpc) is 3.01. The van der Waals surface area contributed by atoms with Crippen molar-refractivity contribution >= 4 is 47.1 Å². The Balaban J connectivity index is 2.00. The summed E-state index contributed by atoms with van der Waals surface area (Å²) in [6.07, 6.45) is -0.0309. The number of benzene rings is 2. The first-order valence-corrected chi connectivity index (χ1v) is 12.6. The third-order valence-electron chi connectivity index (χ3n) is 6.40. The molecule has 4 amide bonds. The van der Waals surface area contributed by atoms with Crippen LogP contribution in [0.15, 0.2) is 36.4 Å². The molecule has 3 rings (SSSR count). The molecule has 2 atom stereocenters. The molecule has 0 saturated heterocycles. The van der Waals surface area contributed by atoms with Gasteiger partial charge in [-0.25, -0.2) is 0 Å². The zero-order chi connectivity index (χ0) is 29.6. The second-order valence-corrected chi connectivity index (χ2v) is 9.59. The van der Waals surface area contributed by atoms with Gasteiger partial charge in [-0.2, -0.15) is 0 Å². The van der Waals surface area contributed by atoms with E-state index in [4.69, 9.17) is 0 Å². The highest BCUT2D eigenvalue weighted by Crippen LogP contribution is 2.33. The number of para-hydroxylation sites is 2. The van der Waals surface area contributed by atoms with Gasteiger partial charge in [0, 0.05) is 12.0 Å². The maximum Gasteiger partial charge on any atom is 0.252 e. The Morgan fingerprint density at radius 1 is 1.10 bits per heavy atom. The van der Waals surface area contributed by atoms with Gasteiger partial charge < -0.3 is 30.5 Å². The number of aromatic hydroxyl groups is 1. The number of ketones is 1. The van der Waals surface area contributed by atoms with E-state index in [1.54, 1.807) is 32.0 Å². The van der Waals surface area contributed by atoms with Gasteiger partial charge in [0.25, 0.3) is 11.8 Å². The van der Waals surface area contributed by atoms with Crippen molar-refractivity contribution in [3.63, 3.8) is 0 Å². The molecule has 12 nitrogen and oxygen atoms in total. The molecule has 0 radical (unpaired) electrons. The number of carbonyl (C=O) groups is 6. The number of aldehydes is 1. The van der Waals surface area contributed by atoms with Crippen LogP contribution in [0.1, 0.15) is 41.3 Å². The molecule has 12 heteroatoms. The highest BCUT2D eigenvalue weighted by atomic mass is 16.3. The fraction of sp³-hybridized carbons (Fsp3) is 0.357. The highest BCUT2D eigenvalue weighted by Gasteiger charge is 2.37. The number of hydrogen-bond donors (Lipinski definition) is 4. The molecule has 1 heterocycles. The van der Waals surface area contributed by atoms with Crippen LogP contribution in [0.3, 0.4) is 0 Å². The molecule has 1 aliphatic heterocycles. The minimum Gasteiger partial charge on any atom is -0.507 e. The number of Topliss-reactive ketones (excluding diaryl/α,β-unsaturated/α-hetero) is 1. The van der Waals surface area contributed by atoms with Gasteiger partial charge in [-0.05, 0) is 56.2 Å². The lowest BCUT2D eigenvalue weighted by Gasteiger charge is -2.25. The SMILES string of the molecule is CC(=O)C[C@@H](C=O)NC(=O)CN1C(=O)[C@@H](NC(=O)c2cc(C)c(O)c(C)c2)CN(C(=O)CCO)c2ccccc21. The Kier molecular flexibility index (Phi) is 9.73. The molecular weight excluding hydrogens is 520 g/mol. The number of hydrogen-bond acceptors (Lipinski definition) is 8. The van der Waals surface area contributed by atoms with Crippen LogP contribution in [0.5, 0.6) is 5.75 Å². The van der Waals surface area contributed by atoms with Crippen LogP contribution >= 0.6 is 0 Å². The van der Waals surface area contributed by atoms with Crippen LogP contribution in [0.2, 0.25) is 0 Å². The number of nitrogens with one attached hydrogen (secondary N) is 2. The van der Waals surface area contributed by atoms with Gasteiger partial charge in [-0.3, -0.25) is 28.9 Å². The normalized spacial score (nSPS) is 15.5. The minimum atomic E-state index is -1.30. The van der Waals surface area contributed by atoms with E-state index in [0.29, 0.717) is 17.4 Å². The zero-order valence-corrected chi connectivity index (χ0v) is 22.5. The van der Waals surface area contributed by atoms with E-state index in [1.165, 1.54) is 30.0 Å². The number of nitrogens with zero attached hydrogens (tertiary/aromatic N) is 2. The van der Waals surface area contributed by atoms with Crippen molar-refractivity contribution in [2.45, 2.75) is 45.7 Å². The van der Waals surface area contributed by atoms with Crippen molar-refractivity contribution in [3.8, 4) is 5.75 Å². The molecule has 0 bridgehead atoms. The van der Waals surface area contributed by atoms with Crippen LogP contribution in [0, 0.1) is 13.8 Å². The summed E-state index contributed by atoms with van der Waals surface area (Å²) in [6.45, 7) is 3.24. The molecule has 40 heavy (non-hydrogen) atoms. The zero-order valence-electron chi connectivity index (χ0n) is 22.5. The first-order valence-electron chi connectivity index (χ1n) is 12.6. The van der Waals surface area contributed by atoms with E-state index in [1.807, 2.05) is 0 Å². The first kappa shape index (κ1) is 30.0. The number of phenolic OH excluding ortho intramolecular Hbond substituents is 1. The molecule has 2 aromatic carbocycles. The lowest BCUT2D eigenvalue weighted by molar-refractivity contribution is -0.127. The van der Waals surface area contributed by atoms with E-state index in [2.05, 4.69) is 10.6 Å². The second kappa shape index (κ2) is 13.0. The Morgan fingerprint density at radius 3 is 2.30 bits per heavy atom. The molecule has 0 spiro atoms. The largest absolute Gasteiger partial charge is 0.507 e. The van der Waals surface area contributed by atoms with Crippen LogP contribution in [0.25, 0.3) is 0 Å². The summed E-state index contributed by atoms with van der Waals surface area (Å²) in [4.78, 5) is 78.1. The van der Waals surface area contributed by atoms with Gasteiger partial charge in [-0.1, -0.05) is 12.1 Å². The molecule has 0 unspecified atom stereocenters. The summed E-state index contributed by atoms with van der Waals surface area (Å²) in [5.41, 5.74) is 1.58. The molecule has 0 aromatic heterocycles. The summed E-state index contributed by atoms with van der Waals surface area (Å²) >= 11 is 0. The summed E-state index contributed by atoms with van der Waals surface area (Å²) < 4.78 is 0. The van der Waals surface area contributed by atoms with Gasteiger partial charge in [0.05, 0.1) is 37.0 Å². The molecule has 2 aromatic rings. The minimum absolute atomic E-state index is 0.0360. The number of fused-ring (bicyclic) bond motifs is 1. The molecule has 0 saturated carbocycles. The van der Waals surface area contributed by atoms with Gasteiger partial charge >= 0.3 is 0 Å². The molecule has 0 fully saturated rings. The summed E-state index contributed by atoms with van der Waals surface area (Å²) in [6, 6.07) is 6.88.